The van der Waals surface area contributed by atoms with E-state index in [2.05, 4.69) is 10.4 Å². The number of carbonyl (C=O) groups excluding carboxylic acids is 2. The van der Waals surface area contributed by atoms with E-state index in [1.807, 2.05) is 50.4 Å². The molecule has 6 rings (SSSR count). The highest BCUT2D eigenvalue weighted by molar-refractivity contribution is 6.27. The molecule has 2 aliphatic heterocycles. The van der Waals surface area contributed by atoms with Gasteiger partial charge in [-0.1, -0.05) is 36.4 Å². The van der Waals surface area contributed by atoms with Gasteiger partial charge in [0, 0.05) is 18.2 Å². The molecule has 3 heterocycles. The van der Waals surface area contributed by atoms with E-state index in [0.29, 0.717) is 16.8 Å². The van der Waals surface area contributed by atoms with Gasteiger partial charge in [-0.25, -0.2) is 4.79 Å². The molecule has 0 amide bonds. The molecule has 3 aliphatic rings. The van der Waals surface area contributed by atoms with Gasteiger partial charge in [-0.15, -0.1) is 0 Å². The second kappa shape index (κ2) is 4.46. The lowest BCUT2D eigenvalue weighted by Crippen LogP contribution is -2.42. The Kier molecular flexibility index (Phi) is 2.43. The van der Waals surface area contributed by atoms with Gasteiger partial charge in [0.1, 0.15) is 17.8 Å². The monoisotopic (exact) mass is 357 g/mol. The number of hydrogen-bond acceptors (Lipinski definition) is 5. The van der Waals surface area contributed by atoms with Gasteiger partial charge < -0.3 is 10.1 Å². The first-order valence-electron chi connectivity index (χ1n) is 8.84. The third-order valence-corrected chi connectivity index (χ3v) is 5.99. The Morgan fingerprint density at radius 2 is 1.96 bits per heavy atom. The van der Waals surface area contributed by atoms with Crippen molar-refractivity contribution in [1.29, 1.82) is 0 Å². The predicted octanol–water partition coefficient (Wildman–Crippen LogP) is 2.60. The lowest BCUT2D eigenvalue weighted by molar-refractivity contribution is -0.136. The maximum absolute atomic E-state index is 14.0. The number of ketones is 1. The quantitative estimate of drug-likeness (QED) is 0.626. The number of hydrogen-bond donors (Lipinski definition) is 1. The highest BCUT2D eigenvalue weighted by Crippen LogP contribution is 2.57. The molecule has 27 heavy (non-hydrogen) atoms. The molecule has 1 unspecified atom stereocenters. The van der Waals surface area contributed by atoms with E-state index in [-0.39, 0.29) is 12.4 Å². The SMILES string of the molecule is Cc1nn(C)c2c1C1(C(=O)c3cccc4cccc1c34)C1=C(COC1=O)N2. The van der Waals surface area contributed by atoms with Crippen LogP contribution in [0.25, 0.3) is 10.8 Å². The molecule has 0 saturated heterocycles. The molecule has 1 aromatic heterocycles. The number of anilines is 1. The van der Waals surface area contributed by atoms with Crippen LogP contribution in [0.2, 0.25) is 0 Å². The number of fused-ring (bicyclic) bond motifs is 4. The molecule has 6 nitrogen and oxygen atoms in total. The second-order valence-corrected chi connectivity index (χ2v) is 7.28. The summed E-state index contributed by atoms with van der Waals surface area (Å²) in [5.41, 5.74) is 2.80. The van der Waals surface area contributed by atoms with Crippen LogP contribution in [0.4, 0.5) is 5.82 Å². The van der Waals surface area contributed by atoms with E-state index in [9.17, 15) is 9.59 Å². The third-order valence-electron chi connectivity index (χ3n) is 5.99. The summed E-state index contributed by atoms with van der Waals surface area (Å²) < 4.78 is 7.08. The second-order valence-electron chi connectivity index (χ2n) is 7.28. The summed E-state index contributed by atoms with van der Waals surface area (Å²) in [6, 6.07) is 11.6. The molecule has 0 radical (unpaired) electrons. The molecule has 0 fully saturated rings. The normalized spacial score (nSPS) is 22.3. The summed E-state index contributed by atoms with van der Waals surface area (Å²) in [5, 5.41) is 9.74. The average Bonchev–Trinajstić information content (AvgIpc) is 3.26. The first-order valence-corrected chi connectivity index (χ1v) is 8.84. The fourth-order valence-corrected chi connectivity index (χ4v) is 5.07. The number of rotatable bonds is 0. The molecule has 0 saturated carbocycles. The van der Waals surface area contributed by atoms with Crippen LogP contribution in [-0.4, -0.2) is 28.1 Å². The molecule has 1 aliphatic carbocycles. The van der Waals surface area contributed by atoms with Gasteiger partial charge in [0.15, 0.2) is 5.78 Å². The predicted molar refractivity (Wildman–Crippen MR) is 98.6 cm³/mol. The number of nitrogens with zero attached hydrogens (tertiary/aromatic N) is 2. The molecule has 2 aromatic carbocycles. The van der Waals surface area contributed by atoms with Crippen molar-refractivity contribution in [3.8, 4) is 0 Å². The molecule has 1 N–H and O–H groups in total. The van der Waals surface area contributed by atoms with Crippen molar-refractivity contribution in [2.24, 2.45) is 7.05 Å². The number of Topliss-reactive ketones (excluding diaryl/α,β-unsaturated/α-hetero) is 1. The summed E-state index contributed by atoms with van der Waals surface area (Å²) in [7, 11) is 1.84. The van der Waals surface area contributed by atoms with Gasteiger partial charge in [0.2, 0.25) is 0 Å². The van der Waals surface area contributed by atoms with Crippen LogP contribution in [0, 0.1) is 6.92 Å². The number of esters is 1. The maximum atomic E-state index is 14.0. The van der Waals surface area contributed by atoms with Gasteiger partial charge in [0.25, 0.3) is 0 Å². The van der Waals surface area contributed by atoms with Gasteiger partial charge >= 0.3 is 5.97 Å². The van der Waals surface area contributed by atoms with Gasteiger partial charge in [-0.05, 0) is 23.3 Å². The van der Waals surface area contributed by atoms with Crippen molar-refractivity contribution >= 4 is 28.3 Å². The minimum atomic E-state index is -1.20. The largest absolute Gasteiger partial charge is 0.456 e. The Balaban J connectivity index is 1.85. The molecule has 3 aromatic rings. The molecule has 1 spiro atoms. The van der Waals surface area contributed by atoms with E-state index in [4.69, 9.17) is 4.74 Å². The molecule has 132 valence electrons. The van der Waals surface area contributed by atoms with E-state index in [0.717, 1.165) is 33.4 Å². The Labute approximate surface area is 154 Å². The Morgan fingerprint density at radius 3 is 2.78 bits per heavy atom. The zero-order valence-electron chi connectivity index (χ0n) is 14.8. The zero-order chi connectivity index (χ0) is 18.5. The summed E-state index contributed by atoms with van der Waals surface area (Å²) in [4.78, 5) is 26.8. The number of nitrogens with one attached hydrogen (secondary N) is 1. The minimum Gasteiger partial charge on any atom is -0.456 e. The number of ether oxygens (including phenoxy) is 1. The van der Waals surface area contributed by atoms with E-state index < -0.39 is 11.4 Å². The van der Waals surface area contributed by atoms with Crippen LogP contribution in [0.1, 0.15) is 27.2 Å². The fourth-order valence-electron chi connectivity index (χ4n) is 5.07. The maximum Gasteiger partial charge on any atom is 0.338 e. The van der Waals surface area contributed by atoms with Gasteiger partial charge in [-0.2, -0.15) is 5.10 Å². The summed E-state index contributed by atoms with van der Waals surface area (Å²) in [6.07, 6.45) is 0. The summed E-state index contributed by atoms with van der Waals surface area (Å²) in [5.74, 6) is 0.215. The standard InChI is InChI=1S/C21H15N3O3/c1-10-16-19(24(2)23-10)22-14-9-27-20(26)17(14)21(16)13-8-4-6-11-5-3-7-12(15(11)13)18(21)25/h3-8,22H,9H2,1-2H3. The Bertz CT molecular complexity index is 1260. The fraction of sp³-hybridized carbons (Fsp3) is 0.190. The van der Waals surface area contributed by atoms with Crippen molar-refractivity contribution in [2.75, 3.05) is 11.9 Å². The topological polar surface area (TPSA) is 73.2 Å². The van der Waals surface area contributed by atoms with Crippen LogP contribution < -0.4 is 5.32 Å². The molecular formula is C21H15N3O3. The highest BCUT2D eigenvalue weighted by Gasteiger charge is 2.60. The lowest BCUT2D eigenvalue weighted by Gasteiger charge is -2.34. The van der Waals surface area contributed by atoms with Crippen LogP contribution >= 0.6 is 0 Å². The third kappa shape index (κ3) is 1.44. The number of aromatic nitrogens is 2. The molecule has 0 bridgehead atoms. The van der Waals surface area contributed by atoms with Gasteiger partial charge in [-0.3, -0.25) is 9.48 Å². The summed E-state index contributed by atoms with van der Waals surface area (Å²) >= 11 is 0. The first-order chi connectivity index (χ1) is 13.0. The Hall–Kier alpha value is -3.41. The van der Waals surface area contributed by atoms with Crippen molar-refractivity contribution in [3.63, 3.8) is 0 Å². The van der Waals surface area contributed by atoms with Crippen molar-refractivity contribution in [2.45, 2.75) is 12.3 Å². The van der Waals surface area contributed by atoms with Crippen LogP contribution in [0.3, 0.4) is 0 Å². The van der Waals surface area contributed by atoms with Crippen LogP contribution in [-0.2, 0) is 22.0 Å². The van der Waals surface area contributed by atoms with E-state index >= 15 is 0 Å². The number of benzene rings is 2. The van der Waals surface area contributed by atoms with Crippen LogP contribution in [0.5, 0.6) is 0 Å². The number of cyclic esters (lactones) is 1. The van der Waals surface area contributed by atoms with Crippen LogP contribution in [0.15, 0.2) is 47.7 Å². The van der Waals surface area contributed by atoms with Crippen molar-refractivity contribution < 1.29 is 14.3 Å². The molecule has 1 atom stereocenters. The minimum absolute atomic E-state index is 0.0838. The zero-order valence-corrected chi connectivity index (χ0v) is 14.8. The van der Waals surface area contributed by atoms with Crippen molar-refractivity contribution in [3.05, 3.63) is 70.1 Å². The average molecular weight is 357 g/mol. The smallest absolute Gasteiger partial charge is 0.338 e. The number of carbonyl (C=O) groups is 2. The molecule has 6 heteroatoms. The summed E-state index contributed by atoms with van der Waals surface area (Å²) in [6.45, 7) is 2.02. The Morgan fingerprint density at radius 1 is 1.19 bits per heavy atom. The van der Waals surface area contributed by atoms with Gasteiger partial charge in [0.05, 0.1) is 17.0 Å². The van der Waals surface area contributed by atoms with Crippen molar-refractivity contribution in [1.82, 2.24) is 9.78 Å². The lowest BCUT2D eigenvalue weighted by atomic mass is 9.66. The van der Waals surface area contributed by atoms with E-state index in [1.54, 1.807) is 4.68 Å². The van der Waals surface area contributed by atoms with E-state index in [1.165, 1.54) is 0 Å². The number of aryl methyl sites for hydroxylation is 2. The molecular weight excluding hydrogens is 342 g/mol. The first kappa shape index (κ1) is 14.7. The highest BCUT2D eigenvalue weighted by atomic mass is 16.5.